The number of pyridine rings is 1. The van der Waals surface area contributed by atoms with Crippen LogP contribution in [0.25, 0.3) is 77.7 Å². The first kappa shape index (κ1) is 45.7. The number of fused-ring (bicyclic) bond motifs is 6. The molecule has 3 aromatic heterocycles. The zero-order valence-electron chi connectivity index (χ0n) is 40.5. The Bertz CT molecular complexity index is 3920. The van der Waals surface area contributed by atoms with Gasteiger partial charge in [0.05, 0.1) is 11.0 Å². The van der Waals surface area contributed by atoms with Crippen molar-refractivity contribution in [3.05, 3.63) is 255 Å². The van der Waals surface area contributed by atoms with E-state index in [1.165, 1.54) is 5.56 Å². The molecule has 0 fully saturated rings. The topological polar surface area (TPSA) is 38.5 Å². The van der Waals surface area contributed by atoms with Gasteiger partial charge in [-0.15, -0.1) is 48.3 Å². The van der Waals surface area contributed by atoms with E-state index in [2.05, 4.69) is 271 Å². The van der Waals surface area contributed by atoms with Gasteiger partial charge >= 0.3 is 0 Å². The minimum absolute atomic E-state index is 0. The summed E-state index contributed by atoms with van der Waals surface area (Å²) in [5.41, 5.74) is 16.9. The Hall–Kier alpha value is -8.47. The van der Waals surface area contributed by atoms with E-state index in [9.17, 15) is 0 Å². The first-order valence-electron chi connectivity index (χ1n) is 24.4. The molecule has 0 spiro atoms. The summed E-state index contributed by atoms with van der Waals surface area (Å²) in [5, 5.41) is 2.16. The maximum atomic E-state index is 7.04. The van der Waals surface area contributed by atoms with Gasteiger partial charge in [0, 0.05) is 82.9 Å². The van der Waals surface area contributed by atoms with Gasteiger partial charge in [-0.1, -0.05) is 189 Å². The molecule has 0 atom stereocenters. The summed E-state index contributed by atoms with van der Waals surface area (Å²) < 4.78 is 11.7. The van der Waals surface area contributed by atoms with Crippen LogP contribution in [0, 0.1) is 18.8 Å². The monoisotopic (exact) mass is 1030 g/mol. The third-order valence-corrected chi connectivity index (χ3v) is 13.8. The number of hydrogen-bond acceptors (Lipinski definition) is 4. The third-order valence-electron chi connectivity index (χ3n) is 13.8. The molecule has 1 aliphatic heterocycles. The van der Waals surface area contributed by atoms with Gasteiger partial charge in [-0.25, -0.2) is 4.98 Å². The molecule has 0 aliphatic carbocycles. The van der Waals surface area contributed by atoms with Crippen LogP contribution in [0.4, 0.5) is 22.7 Å². The minimum Gasteiger partial charge on any atom is -0.509 e. The molecule has 9 aromatic carbocycles. The molecule has 356 valence electrons. The fourth-order valence-electron chi connectivity index (χ4n) is 10.4. The van der Waals surface area contributed by atoms with Gasteiger partial charge in [-0.05, 0) is 70.1 Å². The predicted molar refractivity (Wildman–Crippen MR) is 296 cm³/mol. The molecule has 0 unspecified atom stereocenters. The standard InChI is InChI=1S/C66H48N5O.Pd/c1-66(2,3)49-37-38-67-62(41-49)71-61-43-52(35-36-57(61)64-65(71)56-29-16-17-32-58(56)70(64)50-27-14-7-15-28-50)72-53-40-48(45-21-8-4-9-22-45)39-51(42-53)68-44-69(60-34-19-18-33-59(60)68)63-54(46-23-10-5-11-24-46)30-20-31-55(63)47-25-12-6-13-26-47;/h4-41,44H,1-3H3;/q-3;. The summed E-state index contributed by atoms with van der Waals surface area (Å²) in [4.78, 5) is 9.63. The molecule has 12 aromatic rings. The third kappa shape index (κ3) is 8.08. The number of benzene rings is 9. The number of anilines is 4. The molecule has 1 aliphatic rings. The number of hydrogen-bond donors (Lipinski definition) is 0. The summed E-state index contributed by atoms with van der Waals surface area (Å²) in [7, 11) is 0. The van der Waals surface area contributed by atoms with Crippen molar-refractivity contribution in [1.82, 2.24) is 14.1 Å². The Balaban J connectivity index is 0.00000543. The first-order valence-corrected chi connectivity index (χ1v) is 24.4. The molecule has 6 nitrogen and oxygen atoms in total. The van der Waals surface area contributed by atoms with Gasteiger partial charge in [0.25, 0.3) is 0 Å². The van der Waals surface area contributed by atoms with Gasteiger partial charge in [0.15, 0.2) is 0 Å². The van der Waals surface area contributed by atoms with Crippen molar-refractivity contribution in [3.63, 3.8) is 0 Å². The van der Waals surface area contributed by atoms with Gasteiger partial charge in [-0.2, -0.15) is 6.07 Å². The van der Waals surface area contributed by atoms with Crippen LogP contribution in [-0.2, 0) is 25.8 Å². The van der Waals surface area contributed by atoms with E-state index in [1.54, 1.807) is 0 Å². The smallest absolute Gasteiger partial charge is 0.135 e. The van der Waals surface area contributed by atoms with Crippen LogP contribution in [0.3, 0.4) is 0 Å². The SMILES string of the molecule is CC(C)(C)c1ccnc(-n2c3[c-]c(Oc4[c-]c(N5[CH-]N(c6c(-c7ccccc7)cccc6-c6ccccc6)c6ccccc65)cc(-c5ccccc5)c4)ccc3c3c2c2ccccc2n3-c2ccccc2)c1.[Pd]. The first-order chi connectivity index (χ1) is 35.4. The van der Waals surface area contributed by atoms with Crippen LogP contribution < -0.4 is 14.5 Å². The fourth-order valence-corrected chi connectivity index (χ4v) is 10.4. The second-order valence-corrected chi connectivity index (χ2v) is 19.3. The van der Waals surface area contributed by atoms with Crippen LogP contribution in [0.2, 0.25) is 0 Å². The second-order valence-electron chi connectivity index (χ2n) is 19.3. The molecule has 0 saturated heterocycles. The minimum atomic E-state index is -0.0904. The number of rotatable bonds is 9. The van der Waals surface area contributed by atoms with E-state index >= 15 is 0 Å². The molecule has 13 rings (SSSR count). The summed E-state index contributed by atoms with van der Waals surface area (Å²) in [5.74, 6) is 1.95. The Morgan fingerprint density at radius 2 is 1.07 bits per heavy atom. The summed E-state index contributed by atoms with van der Waals surface area (Å²) in [6, 6.07) is 86.5. The summed E-state index contributed by atoms with van der Waals surface area (Å²) in [6.45, 7) is 8.92. The fraction of sp³-hybridized carbons (Fsp3) is 0.0606. The van der Waals surface area contributed by atoms with E-state index in [1.807, 2.05) is 18.3 Å². The van der Waals surface area contributed by atoms with Gasteiger partial charge in [-0.3, -0.25) is 0 Å². The molecule has 0 amide bonds. The zero-order chi connectivity index (χ0) is 48.3. The predicted octanol–water partition coefficient (Wildman–Crippen LogP) is 17.2. The molecule has 4 heterocycles. The van der Waals surface area contributed by atoms with Crippen molar-refractivity contribution in [2.24, 2.45) is 0 Å². The quantitative estimate of drug-likeness (QED) is 0.107. The molecule has 7 heteroatoms. The number of aromatic nitrogens is 3. The maximum Gasteiger partial charge on any atom is 0.135 e. The van der Waals surface area contributed by atoms with Crippen molar-refractivity contribution in [2.75, 3.05) is 9.80 Å². The van der Waals surface area contributed by atoms with Crippen LogP contribution in [0.5, 0.6) is 11.5 Å². The van der Waals surface area contributed by atoms with E-state index in [0.717, 1.165) is 100 Å². The van der Waals surface area contributed by atoms with Crippen LogP contribution in [-0.4, -0.2) is 14.1 Å². The van der Waals surface area contributed by atoms with Crippen molar-refractivity contribution in [2.45, 2.75) is 26.2 Å². The van der Waals surface area contributed by atoms with E-state index in [-0.39, 0.29) is 25.8 Å². The molecule has 0 N–H and O–H groups in total. The second kappa shape index (κ2) is 18.6. The normalized spacial score (nSPS) is 12.4. The Morgan fingerprint density at radius 3 is 1.74 bits per heavy atom. The molecule has 0 saturated carbocycles. The Morgan fingerprint density at radius 1 is 0.479 bits per heavy atom. The number of ether oxygens (including phenoxy) is 1. The average molecular weight is 1030 g/mol. The average Bonchev–Trinajstić information content (AvgIpc) is 4.09. The summed E-state index contributed by atoms with van der Waals surface area (Å²) >= 11 is 0. The van der Waals surface area contributed by atoms with Crippen LogP contribution in [0.1, 0.15) is 26.3 Å². The van der Waals surface area contributed by atoms with Gasteiger partial charge < -0.3 is 23.7 Å². The van der Waals surface area contributed by atoms with E-state index in [4.69, 9.17) is 9.72 Å². The van der Waals surface area contributed by atoms with Crippen molar-refractivity contribution in [3.8, 4) is 56.4 Å². The van der Waals surface area contributed by atoms with Gasteiger partial charge in [0.1, 0.15) is 5.82 Å². The van der Waals surface area contributed by atoms with E-state index < -0.39 is 0 Å². The van der Waals surface area contributed by atoms with Crippen molar-refractivity contribution in [1.29, 1.82) is 0 Å². The van der Waals surface area contributed by atoms with E-state index in [0.29, 0.717) is 11.5 Å². The maximum absolute atomic E-state index is 7.04. The Labute approximate surface area is 439 Å². The molecule has 0 bridgehead atoms. The molecule has 73 heavy (non-hydrogen) atoms. The van der Waals surface area contributed by atoms with Crippen molar-refractivity contribution < 1.29 is 25.2 Å². The van der Waals surface area contributed by atoms with Gasteiger partial charge in [0.2, 0.25) is 0 Å². The number of para-hydroxylation sites is 5. The van der Waals surface area contributed by atoms with Crippen LogP contribution >= 0.6 is 0 Å². The van der Waals surface area contributed by atoms with Crippen LogP contribution in [0.15, 0.2) is 231 Å². The number of nitrogens with zero attached hydrogens (tertiary/aromatic N) is 5. The summed E-state index contributed by atoms with van der Waals surface area (Å²) in [6.07, 6.45) is 1.92. The largest absolute Gasteiger partial charge is 0.509 e. The Kier molecular flexibility index (Phi) is 11.6. The molecular weight excluding hydrogens is 985 g/mol. The molecule has 0 radical (unpaired) electrons. The van der Waals surface area contributed by atoms with Crippen molar-refractivity contribution >= 4 is 55.6 Å². The zero-order valence-corrected chi connectivity index (χ0v) is 42.0. The molecular formula is C66H48N5OPd-3.